The molecule has 1 aromatic carbocycles. The number of fused-ring (bicyclic) bond motifs is 1. The van der Waals surface area contributed by atoms with Gasteiger partial charge in [0.2, 0.25) is 0 Å². The second-order valence-corrected chi connectivity index (χ2v) is 3.22. The maximum absolute atomic E-state index is 11.5. The van der Waals surface area contributed by atoms with E-state index in [-0.39, 0.29) is 44.5 Å². The zero-order valence-corrected chi connectivity index (χ0v) is 12.9. The molecule has 0 fully saturated rings. The summed E-state index contributed by atoms with van der Waals surface area (Å²) in [6, 6.07) is 5.29. The predicted octanol–water partition coefficient (Wildman–Crippen LogP) is 2.24. The summed E-state index contributed by atoms with van der Waals surface area (Å²) in [6.45, 7) is 5.90. The van der Waals surface area contributed by atoms with Gasteiger partial charge in [0.05, 0.1) is 11.1 Å². The van der Waals surface area contributed by atoms with Crippen molar-refractivity contribution in [2.45, 2.75) is 20.8 Å². The first-order chi connectivity index (χ1) is 7.11. The van der Waals surface area contributed by atoms with Crippen LogP contribution in [0.2, 0.25) is 0 Å². The number of hydrogen-bond donors (Lipinski definition) is 0. The molecule has 0 aromatic heterocycles. The van der Waals surface area contributed by atoms with Gasteiger partial charge in [-0.1, -0.05) is 25.5 Å². The van der Waals surface area contributed by atoms with Gasteiger partial charge in [-0.2, -0.15) is 0 Å². The van der Waals surface area contributed by atoms with E-state index in [0.29, 0.717) is 11.1 Å². The van der Waals surface area contributed by atoms with E-state index in [4.69, 9.17) is 0 Å². The second-order valence-electron chi connectivity index (χ2n) is 3.22. The zero-order valence-electron chi connectivity index (χ0n) is 10.1. The van der Waals surface area contributed by atoms with Crippen molar-refractivity contribution in [2.75, 3.05) is 7.05 Å². The Kier molecular flexibility index (Phi) is 6.05. The standard InChI is InChI=1S/C10H9NO2.C2H6.Y/c1-6-3-4-7-8(5-6)10(13)11(2)9(7)12;1-2;/h3-5H,1-2H3;1-2H3;. The molecule has 0 spiro atoms. The summed E-state index contributed by atoms with van der Waals surface area (Å²) in [5.74, 6) is -0.413. The number of amides is 2. The molecule has 83 valence electrons. The Bertz CT molecular complexity index is 415. The number of rotatable bonds is 0. The molecule has 0 saturated heterocycles. The summed E-state index contributed by atoms with van der Waals surface area (Å²) in [5, 5.41) is 0. The summed E-state index contributed by atoms with van der Waals surface area (Å²) in [4.78, 5) is 24.0. The molecule has 1 aromatic rings. The van der Waals surface area contributed by atoms with Crippen LogP contribution in [-0.2, 0) is 32.7 Å². The van der Waals surface area contributed by atoms with Crippen molar-refractivity contribution in [1.29, 1.82) is 0 Å². The molecule has 0 unspecified atom stereocenters. The molecule has 4 heteroatoms. The molecular formula is C12H15NO2Y. The third-order valence-electron chi connectivity index (χ3n) is 2.25. The Hall–Kier alpha value is -0.536. The zero-order chi connectivity index (χ0) is 11.6. The van der Waals surface area contributed by atoms with Crippen LogP contribution < -0.4 is 0 Å². The van der Waals surface area contributed by atoms with E-state index >= 15 is 0 Å². The largest absolute Gasteiger partial charge is 0.277 e. The van der Waals surface area contributed by atoms with Crippen LogP contribution in [0.15, 0.2) is 18.2 Å². The molecule has 1 heterocycles. The number of hydrogen-bond acceptors (Lipinski definition) is 2. The normalized spacial score (nSPS) is 12.6. The summed E-state index contributed by atoms with van der Waals surface area (Å²) in [7, 11) is 1.50. The molecule has 0 saturated carbocycles. The first-order valence-corrected chi connectivity index (χ1v) is 5.04. The fourth-order valence-corrected chi connectivity index (χ4v) is 1.48. The van der Waals surface area contributed by atoms with Crippen LogP contribution in [0.4, 0.5) is 0 Å². The molecule has 1 aliphatic rings. The second kappa shape index (κ2) is 6.26. The Balaban J connectivity index is 0.000000711. The third kappa shape index (κ3) is 2.58. The smallest absolute Gasteiger partial charge is 0.261 e. The summed E-state index contributed by atoms with van der Waals surface area (Å²) < 4.78 is 0. The van der Waals surface area contributed by atoms with Crippen molar-refractivity contribution in [3.8, 4) is 0 Å². The van der Waals surface area contributed by atoms with E-state index in [1.165, 1.54) is 7.05 Å². The topological polar surface area (TPSA) is 37.4 Å². The molecular weight excluding hydrogens is 279 g/mol. The number of benzene rings is 1. The third-order valence-corrected chi connectivity index (χ3v) is 2.25. The van der Waals surface area contributed by atoms with Gasteiger partial charge in [-0.05, 0) is 19.1 Å². The van der Waals surface area contributed by atoms with E-state index in [1.807, 2.05) is 26.8 Å². The van der Waals surface area contributed by atoms with Crippen LogP contribution in [0.25, 0.3) is 0 Å². The van der Waals surface area contributed by atoms with Crippen molar-refractivity contribution in [3.05, 3.63) is 34.9 Å². The molecule has 2 amide bonds. The summed E-state index contributed by atoms with van der Waals surface area (Å²) >= 11 is 0. The average Bonchev–Trinajstić information content (AvgIpc) is 2.47. The SMILES string of the molecule is CC.Cc1ccc2c(c1)C(=O)N(C)C2=O.[Y]. The Morgan fingerprint density at radius 2 is 1.50 bits per heavy atom. The number of carbonyl (C=O) groups excluding carboxylic acids is 2. The minimum absolute atomic E-state index is 0. The average molecular weight is 294 g/mol. The Morgan fingerprint density at radius 3 is 2.06 bits per heavy atom. The van der Waals surface area contributed by atoms with Gasteiger partial charge < -0.3 is 0 Å². The van der Waals surface area contributed by atoms with Crippen LogP contribution in [-0.4, -0.2) is 23.8 Å². The van der Waals surface area contributed by atoms with Gasteiger partial charge >= 0.3 is 0 Å². The molecule has 2 rings (SSSR count). The van der Waals surface area contributed by atoms with Crippen molar-refractivity contribution in [1.82, 2.24) is 4.90 Å². The number of imide groups is 1. The van der Waals surface area contributed by atoms with Crippen LogP contribution in [0.1, 0.15) is 40.1 Å². The van der Waals surface area contributed by atoms with Gasteiger partial charge in [0.15, 0.2) is 0 Å². The van der Waals surface area contributed by atoms with Gasteiger partial charge in [-0.15, -0.1) is 0 Å². The summed E-state index contributed by atoms with van der Waals surface area (Å²) in [5.41, 5.74) is 2.03. The van der Waals surface area contributed by atoms with Gasteiger partial charge in [0.1, 0.15) is 0 Å². The fourth-order valence-electron chi connectivity index (χ4n) is 1.48. The molecule has 0 bridgehead atoms. The van der Waals surface area contributed by atoms with Gasteiger partial charge in [0, 0.05) is 39.8 Å². The van der Waals surface area contributed by atoms with Crippen molar-refractivity contribution >= 4 is 11.8 Å². The van der Waals surface area contributed by atoms with E-state index in [2.05, 4.69) is 0 Å². The van der Waals surface area contributed by atoms with E-state index in [1.54, 1.807) is 12.1 Å². The Morgan fingerprint density at radius 1 is 1.00 bits per heavy atom. The van der Waals surface area contributed by atoms with Gasteiger partial charge in [-0.3, -0.25) is 14.5 Å². The van der Waals surface area contributed by atoms with Crippen molar-refractivity contribution in [2.24, 2.45) is 0 Å². The van der Waals surface area contributed by atoms with Crippen LogP contribution in [0.5, 0.6) is 0 Å². The quantitative estimate of drug-likeness (QED) is 0.688. The molecule has 0 N–H and O–H groups in total. The molecule has 3 nitrogen and oxygen atoms in total. The predicted molar refractivity (Wildman–Crippen MR) is 59.0 cm³/mol. The van der Waals surface area contributed by atoms with Crippen LogP contribution >= 0.6 is 0 Å². The maximum atomic E-state index is 11.5. The molecule has 0 aliphatic carbocycles. The molecule has 1 radical (unpaired) electrons. The molecule has 1 aliphatic heterocycles. The van der Waals surface area contributed by atoms with E-state index in [9.17, 15) is 9.59 Å². The van der Waals surface area contributed by atoms with Gasteiger partial charge in [0.25, 0.3) is 11.8 Å². The molecule has 0 atom stereocenters. The van der Waals surface area contributed by atoms with E-state index < -0.39 is 0 Å². The Labute approximate surface area is 121 Å². The summed E-state index contributed by atoms with van der Waals surface area (Å²) in [6.07, 6.45) is 0. The van der Waals surface area contributed by atoms with Gasteiger partial charge in [-0.25, -0.2) is 0 Å². The van der Waals surface area contributed by atoms with Crippen LogP contribution in [0.3, 0.4) is 0 Å². The molecule has 16 heavy (non-hydrogen) atoms. The number of carbonyl (C=O) groups is 2. The first-order valence-electron chi connectivity index (χ1n) is 5.04. The fraction of sp³-hybridized carbons (Fsp3) is 0.333. The minimum atomic E-state index is -0.208. The maximum Gasteiger partial charge on any atom is 0.261 e. The van der Waals surface area contributed by atoms with Crippen LogP contribution in [0, 0.1) is 6.92 Å². The van der Waals surface area contributed by atoms with E-state index in [0.717, 1.165) is 10.5 Å². The number of aryl methyl sites for hydroxylation is 1. The minimum Gasteiger partial charge on any atom is -0.277 e. The van der Waals surface area contributed by atoms with Crippen molar-refractivity contribution < 1.29 is 42.3 Å². The van der Waals surface area contributed by atoms with Crippen molar-refractivity contribution in [3.63, 3.8) is 0 Å². The monoisotopic (exact) mass is 294 g/mol. The number of nitrogens with zero attached hydrogens (tertiary/aromatic N) is 1. The first kappa shape index (κ1) is 15.5.